The maximum Gasteiger partial charge on any atom is 0.119 e. The molecule has 12 heavy (non-hydrogen) atoms. The van der Waals surface area contributed by atoms with Crippen molar-refractivity contribution in [3.63, 3.8) is 0 Å². The van der Waals surface area contributed by atoms with Crippen LogP contribution in [0.25, 0.3) is 0 Å². The zero-order valence-electron chi connectivity index (χ0n) is 7.83. The molecule has 0 fully saturated rings. The quantitative estimate of drug-likeness (QED) is 0.719. The van der Waals surface area contributed by atoms with Crippen LogP contribution in [-0.4, -0.2) is 11.6 Å². The zero-order valence-corrected chi connectivity index (χ0v) is 8.65. The monoisotopic (exact) mass is 185 g/mol. The predicted octanol–water partition coefficient (Wildman–Crippen LogP) is 2.80. The molecule has 1 rings (SSSR count). The first-order valence-corrected chi connectivity index (χ1v) is 5.08. The number of thiazole rings is 1. The van der Waals surface area contributed by atoms with Crippen molar-refractivity contribution in [1.82, 2.24) is 4.98 Å². The Morgan fingerprint density at radius 2 is 2.33 bits per heavy atom. The van der Waals surface area contributed by atoms with Crippen molar-refractivity contribution in [3.05, 3.63) is 16.1 Å². The van der Waals surface area contributed by atoms with E-state index in [0.717, 1.165) is 11.6 Å². The summed E-state index contributed by atoms with van der Waals surface area (Å²) >= 11 is 1.74. The Kier molecular flexibility index (Phi) is 3.69. The second-order valence-corrected chi connectivity index (χ2v) is 4.09. The Morgan fingerprint density at radius 1 is 1.58 bits per heavy atom. The van der Waals surface area contributed by atoms with E-state index in [2.05, 4.69) is 18.8 Å². The first-order valence-electron chi connectivity index (χ1n) is 4.26. The molecule has 0 saturated heterocycles. The summed E-state index contributed by atoms with van der Waals surface area (Å²) in [6, 6.07) is 0. The van der Waals surface area contributed by atoms with E-state index in [1.165, 1.54) is 4.88 Å². The number of rotatable bonds is 4. The molecule has 1 heterocycles. The smallest absolute Gasteiger partial charge is 0.119 e. The number of nitrogens with zero attached hydrogens (tertiary/aromatic N) is 1. The minimum atomic E-state index is 0.581. The standard InChI is InChI=1S/C9H15NOS/c1-4-11-6-9-10-5-8(12-9)7(2)3/h5,7H,4,6H2,1-3H3. The van der Waals surface area contributed by atoms with Gasteiger partial charge in [-0.3, -0.25) is 0 Å². The Hall–Kier alpha value is -0.410. The summed E-state index contributed by atoms with van der Waals surface area (Å²) in [5.41, 5.74) is 0. The lowest BCUT2D eigenvalue weighted by atomic mass is 10.2. The van der Waals surface area contributed by atoms with Crippen LogP contribution in [-0.2, 0) is 11.3 Å². The lowest BCUT2D eigenvalue weighted by molar-refractivity contribution is 0.134. The van der Waals surface area contributed by atoms with E-state index in [-0.39, 0.29) is 0 Å². The van der Waals surface area contributed by atoms with Gasteiger partial charge < -0.3 is 4.74 Å². The van der Waals surface area contributed by atoms with Gasteiger partial charge in [0.2, 0.25) is 0 Å². The molecule has 0 spiro atoms. The van der Waals surface area contributed by atoms with Crippen LogP contribution in [0.1, 0.15) is 36.6 Å². The molecule has 0 aliphatic carbocycles. The minimum absolute atomic E-state index is 0.581. The highest BCUT2D eigenvalue weighted by Crippen LogP contribution is 2.21. The van der Waals surface area contributed by atoms with E-state index in [0.29, 0.717) is 12.5 Å². The van der Waals surface area contributed by atoms with Crippen molar-refractivity contribution in [2.75, 3.05) is 6.61 Å². The fourth-order valence-electron chi connectivity index (χ4n) is 0.847. The topological polar surface area (TPSA) is 22.1 Å². The SMILES string of the molecule is CCOCc1ncc(C(C)C)s1. The molecule has 0 aliphatic heterocycles. The van der Waals surface area contributed by atoms with Crippen LogP contribution in [0.5, 0.6) is 0 Å². The van der Waals surface area contributed by atoms with E-state index >= 15 is 0 Å². The third-order valence-electron chi connectivity index (χ3n) is 1.57. The molecule has 1 aromatic heterocycles. The Morgan fingerprint density at radius 3 is 2.83 bits per heavy atom. The van der Waals surface area contributed by atoms with Gasteiger partial charge >= 0.3 is 0 Å². The first-order chi connectivity index (χ1) is 5.74. The van der Waals surface area contributed by atoms with Gasteiger partial charge in [0.1, 0.15) is 5.01 Å². The lowest BCUT2D eigenvalue weighted by Gasteiger charge is -1.97. The second kappa shape index (κ2) is 4.58. The molecule has 0 aliphatic rings. The van der Waals surface area contributed by atoms with E-state index in [1.807, 2.05) is 13.1 Å². The van der Waals surface area contributed by atoms with Gasteiger partial charge in [0.15, 0.2) is 0 Å². The lowest BCUT2D eigenvalue weighted by Crippen LogP contribution is -1.89. The van der Waals surface area contributed by atoms with Crippen molar-refractivity contribution in [3.8, 4) is 0 Å². The van der Waals surface area contributed by atoms with E-state index in [1.54, 1.807) is 11.3 Å². The first kappa shape index (κ1) is 9.68. The van der Waals surface area contributed by atoms with Crippen molar-refractivity contribution >= 4 is 11.3 Å². The molecular weight excluding hydrogens is 170 g/mol. The van der Waals surface area contributed by atoms with Crippen LogP contribution < -0.4 is 0 Å². The molecule has 0 aromatic carbocycles. The zero-order chi connectivity index (χ0) is 8.97. The predicted molar refractivity (Wildman–Crippen MR) is 51.5 cm³/mol. The van der Waals surface area contributed by atoms with Crippen molar-refractivity contribution in [2.24, 2.45) is 0 Å². The van der Waals surface area contributed by atoms with Gasteiger partial charge in [-0.15, -0.1) is 11.3 Å². The third-order valence-corrected chi connectivity index (χ3v) is 2.84. The summed E-state index contributed by atoms with van der Waals surface area (Å²) in [5, 5.41) is 1.08. The number of ether oxygens (including phenoxy) is 1. The largest absolute Gasteiger partial charge is 0.375 e. The van der Waals surface area contributed by atoms with Gasteiger partial charge in [-0.05, 0) is 12.8 Å². The molecule has 0 atom stereocenters. The second-order valence-electron chi connectivity index (χ2n) is 2.95. The number of hydrogen-bond donors (Lipinski definition) is 0. The average Bonchev–Trinajstić information content (AvgIpc) is 2.48. The molecule has 0 N–H and O–H groups in total. The summed E-state index contributed by atoms with van der Waals surface area (Å²) in [4.78, 5) is 5.61. The van der Waals surface area contributed by atoms with Crippen molar-refractivity contribution in [1.29, 1.82) is 0 Å². The molecule has 68 valence electrons. The highest BCUT2D eigenvalue weighted by Gasteiger charge is 2.04. The average molecular weight is 185 g/mol. The normalized spacial score (nSPS) is 11.0. The number of hydrogen-bond acceptors (Lipinski definition) is 3. The van der Waals surface area contributed by atoms with Gasteiger partial charge in [-0.25, -0.2) is 4.98 Å². The van der Waals surface area contributed by atoms with E-state index in [4.69, 9.17) is 4.74 Å². The Bertz CT molecular complexity index is 232. The molecule has 0 bridgehead atoms. The summed E-state index contributed by atoms with van der Waals surface area (Å²) < 4.78 is 5.26. The maximum atomic E-state index is 5.26. The maximum absolute atomic E-state index is 5.26. The van der Waals surface area contributed by atoms with Gasteiger partial charge in [0.05, 0.1) is 6.61 Å². The molecule has 2 nitrogen and oxygen atoms in total. The molecule has 1 aromatic rings. The highest BCUT2D eigenvalue weighted by molar-refractivity contribution is 7.11. The van der Waals surface area contributed by atoms with Crippen LogP contribution in [0.4, 0.5) is 0 Å². The molecular formula is C9H15NOS. The Balaban J connectivity index is 2.52. The van der Waals surface area contributed by atoms with E-state index in [9.17, 15) is 0 Å². The van der Waals surface area contributed by atoms with Gasteiger partial charge in [0, 0.05) is 17.7 Å². The molecule has 0 radical (unpaired) electrons. The fourth-order valence-corrected chi connectivity index (χ4v) is 1.71. The molecule has 0 amide bonds. The summed E-state index contributed by atoms with van der Waals surface area (Å²) in [5.74, 6) is 0.581. The third kappa shape index (κ3) is 2.57. The minimum Gasteiger partial charge on any atom is -0.375 e. The summed E-state index contributed by atoms with van der Waals surface area (Å²) in [7, 11) is 0. The molecule has 0 saturated carbocycles. The molecule has 3 heteroatoms. The summed E-state index contributed by atoms with van der Waals surface area (Å²) in [6.07, 6.45) is 1.95. The van der Waals surface area contributed by atoms with Crippen molar-refractivity contribution in [2.45, 2.75) is 33.3 Å². The Labute approximate surface area is 77.6 Å². The van der Waals surface area contributed by atoms with Crippen LogP contribution in [0.2, 0.25) is 0 Å². The fraction of sp³-hybridized carbons (Fsp3) is 0.667. The van der Waals surface area contributed by atoms with Gasteiger partial charge in [0.25, 0.3) is 0 Å². The van der Waals surface area contributed by atoms with Crippen LogP contribution in [0.15, 0.2) is 6.20 Å². The van der Waals surface area contributed by atoms with E-state index < -0.39 is 0 Å². The van der Waals surface area contributed by atoms with Crippen molar-refractivity contribution < 1.29 is 4.74 Å². The van der Waals surface area contributed by atoms with Gasteiger partial charge in [-0.1, -0.05) is 13.8 Å². The van der Waals surface area contributed by atoms with Crippen LogP contribution in [0.3, 0.4) is 0 Å². The highest BCUT2D eigenvalue weighted by atomic mass is 32.1. The number of aromatic nitrogens is 1. The van der Waals surface area contributed by atoms with Gasteiger partial charge in [-0.2, -0.15) is 0 Å². The van der Waals surface area contributed by atoms with Crippen LogP contribution in [0, 0.1) is 0 Å². The van der Waals surface area contributed by atoms with Crippen LogP contribution >= 0.6 is 11.3 Å². The summed E-state index contributed by atoms with van der Waals surface area (Å²) in [6.45, 7) is 7.78. The molecule has 0 unspecified atom stereocenters.